The molecule has 0 amide bonds. The molecule has 7 nitrogen and oxygen atoms in total. The molecule has 0 spiro atoms. The normalized spacial score (nSPS) is 10.2. The van der Waals surface area contributed by atoms with Crippen molar-refractivity contribution < 1.29 is 44.2 Å². The summed E-state index contributed by atoms with van der Waals surface area (Å²) in [5.74, 6) is -1.71. The van der Waals surface area contributed by atoms with Crippen molar-refractivity contribution in [3.05, 3.63) is 27.1 Å². The van der Waals surface area contributed by atoms with Gasteiger partial charge in [0.15, 0.2) is 10.8 Å². The number of esters is 1. The number of aromatic nitrogens is 3. The zero-order valence-corrected chi connectivity index (χ0v) is 13.9. The summed E-state index contributed by atoms with van der Waals surface area (Å²) >= 11 is 5.66. The van der Waals surface area contributed by atoms with Gasteiger partial charge in [0.1, 0.15) is 5.56 Å². The van der Waals surface area contributed by atoms with Gasteiger partial charge in [-0.05, 0) is 13.0 Å². The Morgan fingerprint density at radius 2 is 2.15 bits per heavy atom. The van der Waals surface area contributed by atoms with Crippen molar-refractivity contribution in [2.75, 3.05) is 6.61 Å². The summed E-state index contributed by atoms with van der Waals surface area (Å²) in [5, 5.41) is 19.4. The monoisotopic (exact) mass is 305 g/mol. The van der Waals surface area contributed by atoms with Crippen molar-refractivity contribution in [1.82, 2.24) is 14.8 Å². The van der Waals surface area contributed by atoms with Gasteiger partial charge >= 0.3 is 35.5 Å². The Kier molecular flexibility index (Phi) is 5.52. The molecule has 0 aliphatic carbocycles. The number of nitrogens with zero attached hydrogens (tertiary/aromatic N) is 3. The minimum absolute atomic E-state index is 0. The molecule has 0 unspecified atom stereocenters. The smallest absolute Gasteiger partial charge is 0.871 e. The van der Waals surface area contributed by atoms with Gasteiger partial charge in [0.2, 0.25) is 0 Å². The Morgan fingerprint density at radius 3 is 2.75 bits per heavy atom. The number of aryl methyl sites for hydroxylation is 1. The van der Waals surface area contributed by atoms with Crippen LogP contribution in [0, 0.1) is 0 Å². The zero-order chi connectivity index (χ0) is 14.2. The molecule has 100 valence electrons. The van der Waals surface area contributed by atoms with Gasteiger partial charge in [-0.25, -0.2) is 4.79 Å². The SMILES string of the molecule is CCOC(=O)c1c([O-])c2cc(Cl)nnc2n(C)c1=O.[Na+]. The van der Waals surface area contributed by atoms with Crippen LogP contribution in [-0.4, -0.2) is 27.3 Å². The first-order valence-corrected chi connectivity index (χ1v) is 5.75. The number of halogens is 1. The maximum atomic E-state index is 12.1. The van der Waals surface area contributed by atoms with Crippen LogP contribution in [0.25, 0.3) is 11.0 Å². The summed E-state index contributed by atoms with van der Waals surface area (Å²) in [4.78, 5) is 23.6. The molecular formula is C11H9ClN3NaO4. The summed E-state index contributed by atoms with van der Waals surface area (Å²) < 4.78 is 5.76. The fourth-order valence-corrected chi connectivity index (χ4v) is 1.80. The van der Waals surface area contributed by atoms with Gasteiger partial charge in [-0.15, -0.1) is 10.2 Å². The molecule has 9 heteroatoms. The average molecular weight is 306 g/mol. The number of rotatable bonds is 2. The molecule has 0 aliphatic heterocycles. The number of pyridine rings is 1. The van der Waals surface area contributed by atoms with E-state index < -0.39 is 22.8 Å². The Bertz CT molecular complexity index is 732. The van der Waals surface area contributed by atoms with Crippen molar-refractivity contribution >= 4 is 28.6 Å². The number of carbonyl (C=O) groups is 1. The summed E-state index contributed by atoms with van der Waals surface area (Å²) in [6.45, 7) is 1.64. The van der Waals surface area contributed by atoms with Crippen molar-refractivity contribution in [2.45, 2.75) is 6.92 Å². The number of ether oxygens (including phenoxy) is 1. The predicted octanol–water partition coefficient (Wildman–Crippen LogP) is -2.76. The van der Waals surface area contributed by atoms with E-state index in [1.54, 1.807) is 6.92 Å². The third-order valence-electron chi connectivity index (χ3n) is 2.53. The molecule has 0 bridgehead atoms. The standard InChI is InChI=1S/C11H10ClN3O4.Na/c1-3-19-11(18)7-8(16)5-4-6(12)13-14-9(5)15(2)10(7)17;/h4,16H,3H2,1-2H3;/q;+1/p-1. The van der Waals surface area contributed by atoms with E-state index in [1.165, 1.54) is 13.1 Å². The van der Waals surface area contributed by atoms with E-state index >= 15 is 0 Å². The van der Waals surface area contributed by atoms with Gasteiger partial charge in [0.25, 0.3) is 5.56 Å². The molecule has 2 aromatic rings. The van der Waals surface area contributed by atoms with Crippen LogP contribution < -0.4 is 40.2 Å². The van der Waals surface area contributed by atoms with E-state index in [0.717, 1.165) is 4.57 Å². The minimum atomic E-state index is -0.956. The van der Waals surface area contributed by atoms with E-state index in [4.69, 9.17) is 16.3 Å². The Morgan fingerprint density at radius 1 is 1.50 bits per heavy atom. The number of hydrogen-bond donors (Lipinski definition) is 0. The van der Waals surface area contributed by atoms with Gasteiger partial charge in [-0.3, -0.25) is 9.36 Å². The molecule has 0 atom stereocenters. The maximum absolute atomic E-state index is 12.1. The third-order valence-corrected chi connectivity index (χ3v) is 2.72. The Hall–Kier alpha value is -1.15. The minimum Gasteiger partial charge on any atom is -0.871 e. The summed E-state index contributed by atoms with van der Waals surface area (Å²) in [6, 6.07) is 1.26. The predicted molar refractivity (Wildman–Crippen MR) is 65.2 cm³/mol. The fourth-order valence-electron chi connectivity index (χ4n) is 1.66. The van der Waals surface area contributed by atoms with Crippen LogP contribution in [0.4, 0.5) is 0 Å². The first-order chi connectivity index (χ1) is 8.97. The van der Waals surface area contributed by atoms with Crippen molar-refractivity contribution in [3.63, 3.8) is 0 Å². The number of carbonyl (C=O) groups excluding carboxylic acids is 1. The third kappa shape index (κ3) is 2.80. The van der Waals surface area contributed by atoms with Crippen molar-refractivity contribution in [2.24, 2.45) is 7.05 Å². The van der Waals surface area contributed by atoms with E-state index in [9.17, 15) is 14.7 Å². The quantitative estimate of drug-likeness (QED) is 0.440. The van der Waals surface area contributed by atoms with Gasteiger partial charge < -0.3 is 9.84 Å². The molecule has 0 aliphatic rings. The van der Waals surface area contributed by atoms with E-state index in [0.29, 0.717) is 0 Å². The second-order valence-corrected chi connectivity index (χ2v) is 4.08. The molecule has 20 heavy (non-hydrogen) atoms. The van der Waals surface area contributed by atoms with E-state index in [2.05, 4.69) is 10.2 Å². The van der Waals surface area contributed by atoms with Crippen molar-refractivity contribution in [3.8, 4) is 5.75 Å². The van der Waals surface area contributed by atoms with Crippen molar-refractivity contribution in [1.29, 1.82) is 0 Å². The molecule has 0 radical (unpaired) electrons. The topological polar surface area (TPSA) is 97.1 Å². The molecular weight excluding hydrogens is 297 g/mol. The molecule has 2 aromatic heterocycles. The van der Waals surface area contributed by atoms with Gasteiger partial charge in [0.05, 0.1) is 6.61 Å². The number of hydrogen-bond acceptors (Lipinski definition) is 6. The molecule has 2 heterocycles. The van der Waals surface area contributed by atoms with Gasteiger partial charge in [-0.2, -0.15) is 0 Å². The molecule has 0 fully saturated rings. The van der Waals surface area contributed by atoms with Gasteiger partial charge in [-0.1, -0.05) is 17.4 Å². The fraction of sp³-hybridized carbons (Fsp3) is 0.273. The van der Waals surface area contributed by atoms with Crippen LogP contribution in [0.5, 0.6) is 5.75 Å². The summed E-state index contributed by atoms with van der Waals surface area (Å²) in [5.41, 5.74) is -1.26. The number of fused-ring (bicyclic) bond motifs is 1. The Balaban J connectivity index is 0.00000200. The first-order valence-electron chi connectivity index (χ1n) is 5.37. The molecule has 0 saturated carbocycles. The first kappa shape index (κ1) is 16.9. The second-order valence-electron chi connectivity index (χ2n) is 3.69. The summed E-state index contributed by atoms with van der Waals surface area (Å²) in [7, 11) is 1.38. The van der Waals surface area contributed by atoms with Crippen LogP contribution in [0.2, 0.25) is 5.15 Å². The van der Waals surface area contributed by atoms with Crippen LogP contribution >= 0.6 is 11.6 Å². The molecule has 0 N–H and O–H groups in total. The molecule has 0 aromatic carbocycles. The van der Waals surface area contributed by atoms with Crippen LogP contribution in [-0.2, 0) is 11.8 Å². The maximum Gasteiger partial charge on any atom is 1.00 e. The van der Waals surface area contributed by atoms with E-state index in [-0.39, 0.29) is 52.4 Å². The molecule has 0 saturated heterocycles. The molecule has 2 rings (SSSR count). The average Bonchev–Trinajstić information content (AvgIpc) is 2.36. The second kappa shape index (κ2) is 6.53. The van der Waals surface area contributed by atoms with Gasteiger partial charge in [0, 0.05) is 12.4 Å². The van der Waals surface area contributed by atoms with Crippen LogP contribution in [0.3, 0.4) is 0 Å². The van der Waals surface area contributed by atoms with Crippen LogP contribution in [0.1, 0.15) is 17.3 Å². The largest absolute Gasteiger partial charge is 1.00 e. The van der Waals surface area contributed by atoms with Crippen LogP contribution in [0.15, 0.2) is 10.9 Å². The Labute approximate surface area is 140 Å². The van der Waals surface area contributed by atoms with E-state index in [1.807, 2.05) is 0 Å². The summed E-state index contributed by atoms with van der Waals surface area (Å²) in [6.07, 6.45) is 0. The zero-order valence-electron chi connectivity index (χ0n) is 11.1.